The summed E-state index contributed by atoms with van der Waals surface area (Å²) in [6, 6.07) is 8.05. The van der Waals surface area contributed by atoms with Gasteiger partial charge in [0.2, 0.25) is 5.88 Å². The second-order valence-electron chi connectivity index (χ2n) is 5.96. The molecule has 0 aliphatic carbocycles. The molecule has 1 aromatic heterocycles. The first-order valence-corrected chi connectivity index (χ1v) is 6.66. The van der Waals surface area contributed by atoms with E-state index in [9.17, 15) is 0 Å². The van der Waals surface area contributed by atoms with Gasteiger partial charge < -0.3 is 10.5 Å². The maximum atomic E-state index is 5.83. The molecule has 0 saturated heterocycles. The van der Waals surface area contributed by atoms with Crippen molar-refractivity contribution in [1.29, 1.82) is 0 Å². The van der Waals surface area contributed by atoms with Crippen molar-refractivity contribution in [1.82, 2.24) is 9.97 Å². The Kier molecular flexibility index (Phi) is 3.66. The third kappa shape index (κ3) is 3.07. The zero-order chi connectivity index (χ0) is 14.9. The van der Waals surface area contributed by atoms with Crippen molar-refractivity contribution < 1.29 is 4.74 Å². The summed E-state index contributed by atoms with van der Waals surface area (Å²) >= 11 is 0. The first kappa shape index (κ1) is 14.3. The molecule has 4 heteroatoms. The number of anilines is 1. The number of ether oxygens (including phenoxy) is 1. The van der Waals surface area contributed by atoms with Crippen LogP contribution in [0.4, 0.5) is 5.82 Å². The predicted octanol–water partition coefficient (Wildman–Crippen LogP) is 3.77. The first-order valence-electron chi connectivity index (χ1n) is 6.66. The van der Waals surface area contributed by atoms with E-state index in [2.05, 4.69) is 42.9 Å². The molecule has 4 nitrogen and oxygen atoms in total. The highest BCUT2D eigenvalue weighted by Crippen LogP contribution is 2.28. The Morgan fingerprint density at radius 1 is 1.00 bits per heavy atom. The molecule has 1 heterocycles. The topological polar surface area (TPSA) is 61.0 Å². The molecular weight excluding hydrogens is 250 g/mol. The molecular formula is C16H21N3O. The molecule has 2 aromatic rings. The van der Waals surface area contributed by atoms with Crippen LogP contribution >= 0.6 is 0 Å². The summed E-state index contributed by atoms with van der Waals surface area (Å²) in [5, 5.41) is 0. The molecule has 0 radical (unpaired) electrons. The van der Waals surface area contributed by atoms with Crippen LogP contribution in [0.1, 0.15) is 37.7 Å². The van der Waals surface area contributed by atoms with E-state index in [4.69, 9.17) is 10.5 Å². The monoisotopic (exact) mass is 271 g/mol. The van der Waals surface area contributed by atoms with Crippen LogP contribution in [0.25, 0.3) is 0 Å². The van der Waals surface area contributed by atoms with E-state index < -0.39 is 0 Å². The van der Waals surface area contributed by atoms with Gasteiger partial charge in [-0.25, -0.2) is 4.98 Å². The van der Waals surface area contributed by atoms with Gasteiger partial charge >= 0.3 is 0 Å². The maximum absolute atomic E-state index is 5.83. The predicted molar refractivity (Wildman–Crippen MR) is 81.1 cm³/mol. The Morgan fingerprint density at radius 2 is 1.60 bits per heavy atom. The van der Waals surface area contributed by atoms with Gasteiger partial charge in [0.1, 0.15) is 17.4 Å². The van der Waals surface area contributed by atoms with Crippen molar-refractivity contribution in [2.45, 2.75) is 40.0 Å². The van der Waals surface area contributed by atoms with E-state index in [0.717, 1.165) is 11.3 Å². The number of aromatic nitrogens is 2. The summed E-state index contributed by atoms with van der Waals surface area (Å²) < 4.78 is 5.81. The van der Waals surface area contributed by atoms with Crippen LogP contribution in [-0.2, 0) is 5.41 Å². The summed E-state index contributed by atoms with van der Waals surface area (Å²) in [4.78, 5) is 8.40. The molecule has 0 saturated carbocycles. The van der Waals surface area contributed by atoms with Crippen molar-refractivity contribution in [3.05, 3.63) is 41.2 Å². The van der Waals surface area contributed by atoms with Crippen LogP contribution in [0.15, 0.2) is 24.3 Å². The molecule has 0 aliphatic heterocycles. The first-order chi connectivity index (χ1) is 9.27. The van der Waals surface area contributed by atoms with Gasteiger partial charge in [0.25, 0.3) is 0 Å². The summed E-state index contributed by atoms with van der Waals surface area (Å²) in [6.45, 7) is 10.2. The molecule has 0 unspecified atom stereocenters. The molecule has 106 valence electrons. The standard InChI is InChI=1S/C16H21N3O/c1-10-14(17)18-11(2)19-15(10)20-13-8-6-12(7-9-13)16(3,4)5/h6-9H,1-5H3,(H2,17,18,19). The third-order valence-electron chi connectivity index (χ3n) is 3.19. The molecule has 0 bridgehead atoms. The van der Waals surface area contributed by atoms with Crippen molar-refractivity contribution in [3.63, 3.8) is 0 Å². The van der Waals surface area contributed by atoms with E-state index in [1.165, 1.54) is 5.56 Å². The highest BCUT2D eigenvalue weighted by Gasteiger charge is 2.14. The second kappa shape index (κ2) is 5.12. The van der Waals surface area contributed by atoms with Crippen LogP contribution in [-0.4, -0.2) is 9.97 Å². The number of benzene rings is 1. The maximum Gasteiger partial charge on any atom is 0.227 e. The molecule has 2 N–H and O–H groups in total. The summed E-state index contributed by atoms with van der Waals surface area (Å²) in [6.07, 6.45) is 0. The highest BCUT2D eigenvalue weighted by molar-refractivity contribution is 5.46. The lowest BCUT2D eigenvalue weighted by molar-refractivity contribution is 0.455. The Balaban J connectivity index is 2.27. The molecule has 2 rings (SSSR count). The van der Waals surface area contributed by atoms with E-state index in [1.807, 2.05) is 19.1 Å². The molecule has 0 fully saturated rings. The number of nitrogens with zero attached hydrogens (tertiary/aromatic N) is 2. The van der Waals surface area contributed by atoms with Gasteiger partial charge in [0.05, 0.1) is 5.56 Å². The van der Waals surface area contributed by atoms with Gasteiger partial charge in [0.15, 0.2) is 0 Å². The lowest BCUT2D eigenvalue weighted by Gasteiger charge is -2.19. The molecule has 0 atom stereocenters. The zero-order valence-electron chi connectivity index (χ0n) is 12.7. The number of nitrogen functional groups attached to an aromatic ring is 1. The van der Waals surface area contributed by atoms with Gasteiger partial charge in [-0.3, -0.25) is 0 Å². The fourth-order valence-corrected chi connectivity index (χ4v) is 1.86. The number of nitrogens with two attached hydrogens (primary N) is 1. The number of aryl methyl sites for hydroxylation is 1. The van der Waals surface area contributed by atoms with Gasteiger partial charge in [-0.1, -0.05) is 32.9 Å². The molecule has 1 aromatic carbocycles. The Morgan fingerprint density at radius 3 is 2.15 bits per heavy atom. The Bertz CT molecular complexity index is 613. The third-order valence-corrected chi connectivity index (χ3v) is 3.19. The number of hydrogen-bond donors (Lipinski definition) is 1. The largest absolute Gasteiger partial charge is 0.439 e. The van der Waals surface area contributed by atoms with Crippen LogP contribution in [0.2, 0.25) is 0 Å². The summed E-state index contributed by atoms with van der Waals surface area (Å²) in [5.41, 5.74) is 7.98. The van der Waals surface area contributed by atoms with E-state index in [-0.39, 0.29) is 5.41 Å². The van der Waals surface area contributed by atoms with Gasteiger partial charge in [0, 0.05) is 0 Å². The fraction of sp³-hybridized carbons (Fsp3) is 0.375. The van der Waals surface area contributed by atoms with E-state index in [1.54, 1.807) is 6.92 Å². The molecule has 0 amide bonds. The molecule has 20 heavy (non-hydrogen) atoms. The van der Waals surface area contributed by atoms with Crippen LogP contribution in [0, 0.1) is 13.8 Å². The van der Waals surface area contributed by atoms with Gasteiger partial charge in [-0.15, -0.1) is 0 Å². The highest BCUT2D eigenvalue weighted by atomic mass is 16.5. The average molecular weight is 271 g/mol. The smallest absolute Gasteiger partial charge is 0.227 e. The van der Waals surface area contributed by atoms with Crippen LogP contribution in [0.3, 0.4) is 0 Å². The van der Waals surface area contributed by atoms with Crippen molar-refractivity contribution in [2.75, 3.05) is 5.73 Å². The fourth-order valence-electron chi connectivity index (χ4n) is 1.86. The zero-order valence-corrected chi connectivity index (χ0v) is 12.7. The van der Waals surface area contributed by atoms with E-state index in [0.29, 0.717) is 17.5 Å². The lowest BCUT2D eigenvalue weighted by Crippen LogP contribution is -2.10. The second-order valence-corrected chi connectivity index (χ2v) is 5.96. The SMILES string of the molecule is Cc1nc(N)c(C)c(Oc2ccc(C(C)(C)C)cc2)n1. The minimum Gasteiger partial charge on any atom is -0.439 e. The van der Waals surface area contributed by atoms with E-state index >= 15 is 0 Å². The van der Waals surface area contributed by atoms with Crippen LogP contribution < -0.4 is 10.5 Å². The lowest BCUT2D eigenvalue weighted by atomic mass is 9.87. The molecule has 0 aliphatic rings. The van der Waals surface area contributed by atoms with Crippen molar-refractivity contribution in [2.24, 2.45) is 0 Å². The number of rotatable bonds is 2. The van der Waals surface area contributed by atoms with Crippen molar-refractivity contribution in [3.8, 4) is 11.6 Å². The summed E-state index contributed by atoms with van der Waals surface area (Å²) in [5.74, 6) is 2.32. The molecule has 0 spiro atoms. The minimum atomic E-state index is 0.129. The average Bonchev–Trinajstić information content (AvgIpc) is 2.35. The summed E-state index contributed by atoms with van der Waals surface area (Å²) in [7, 11) is 0. The van der Waals surface area contributed by atoms with Gasteiger partial charge in [-0.05, 0) is 37.0 Å². The van der Waals surface area contributed by atoms with Crippen LogP contribution in [0.5, 0.6) is 11.6 Å². The quantitative estimate of drug-likeness (QED) is 0.903. The van der Waals surface area contributed by atoms with Crippen molar-refractivity contribution >= 4 is 5.82 Å². The Hall–Kier alpha value is -2.10. The Labute approximate surface area is 120 Å². The van der Waals surface area contributed by atoms with Gasteiger partial charge in [-0.2, -0.15) is 4.98 Å². The number of hydrogen-bond acceptors (Lipinski definition) is 4. The normalized spacial score (nSPS) is 11.4. The minimum absolute atomic E-state index is 0.129.